The number of carbonyl (C=O) groups is 1. The van der Waals surface area contributed by atoms with Crippen LogP contribution in [0.3, 0.4) is 0 Å². The van der Waals surface area contributed by atoms with Crippen LogP contribution in [0.25, 0.3) is 0 Å². The van der Waals surface area contributed by atoms with Gasteiger partial charge in [0.25, 0.3) is 0 Å². The van der Waals surface area contributed by atoms with Gasteiger partial charge in [0.2, 0.25) is 0 Å². The van der Waals surface area contributed by atoms with E-state index in [1.165, 1.54) is 13.0 Å². The third kappa shape index (κ3) is 2.54. The van der Waals surface area contributed by atoms with Crippen LogP contribution in [-0.2, 0) is 16.6 Å². The van der Waals surface area contributed by atoms with Gasteiger partial charge >= 0.3 is 5.97 Å². The quantitative estimate of drug-likeness (QED) is 0.927. The van der Waals surface area contributed by atoms with Crippen LogP contribution in [0.4, 0.5) is 8.78 Å². The first-order valence-corrected chi connectivity index (χ1v) is 6.17. The monoisotopic (exact) mass is 276 g/mol. The SMILES string of the molecule is CC(Cc1ccccc1)(C(=O)O)c1c(F)cccc1F. The average Bonchev–Trinajstić information content (AvgIpc) is 2.39. The minimum atomic E-state index is -1.66. The van der Waals surface area contributed by atoms with Gasteiger partial charge in [-0.3, -0.25) is 4.79 Å². The summed E-state index contributed by atoms with van der Waals surface area (Å²) in [6.07, 6.45) is 0.0149. The van der Waals surface area contributed by atoms with Crippen molar-refractivity contribution >= 4 is 5.97 Å². The summed E-state index contributed by atoms with van der Waals surface area (Å²) < 4.78 is 27.8. The van der Waals surface area contributed by atoms with E-state index in [0.29, 0.717) is 5.56 Å². The molecule has 2 aromatic rings. The van der Waals surface area contributed by atoms with Gasteiger partial charge in [0.1, 0.15) is 11.6 Å². The van der Waals surface area contributed by atoms with Crippen molar-refractivity contribution in [1.82, 2.24) is 0 Å². The lowest BCUT2D eigenvalue weighted by atomic mass is 9.77. The van der Waals surface area contributed by atoms with Crippen molar-refractivity contribution in [3.63, 3.8) is 0 Å². The predicted molar refractivity (Wildman–Crippen MR) is 71.5 cm³/mol. The molecule has 0 saturated heterocycles. The van der Waals surface area contributed by atoms with Gasteiger partial charge in [0.15, 0.2) is 0 Å². The average molecular weight is 276 g/mol. The Hall–Kier alpha value is -2.23. The van der Waals surface area contributed by atoms with Crippen molar-refractivity contribution in [2.75, 3.05) is 0 Å². The van der Waals surface area contributed by atoms with Crippen LogP contribution in [0, 0.1) is 11.6 Å². The fourth-order valence-corrected chi connectivity index (χ4v) is 2.30. The lowest BCUT2D eigenvalue weighted by Crippen LogP contribution is -2.36. The van der Waals surface area contributed by atoms with Gasteiger partial charge in [-0.15, -0.1) is 0 Å². The number of rotatable bonds is 4. The van der Waals surface area contributed by atoms with E-state index in [9.17, 15) is 18.7 Å². The van der Waals surface area contributed by atoms with Gasteiger partial charge in [-0.2, -0.15) is 0 Å². The van der Waals surface area contributed by atoms with Crippen LogP contribution >= 0.6 is 0 Å². The van der Waals surface area contributed by atoms with E-state index >= 15 is 0 Å². The molecule has 0 aliphatic heterocycles. The molecule has 1 N–H and O–H groups in total. The number of halogens is 2. The normalized spacial score (nSPS) is 13.8. The third-order valence-electron chi connectivity index (χ3n) is 3.39. The molecule has 0 spiro atoms. The van der Waals surface area contributed by atoms with Crippen LogP contribution in [-0.4, -0.2) is 11.1 Å². The molecule has 2 rings (SSSR count). The molecule has 104 valence electrons. The Morgan fingerprint density at radius 2 is 1.60 bits per heavy atom. The summed E-state index contributed by atoms with van der Waals surface area (Å²) in [6.45, 7) is 1.34. The lowest BCUT2D eigenvalue weighted by molar-refractivity contribution is -0.143. The number of hydrogen-bond acceptors (Lipinski definition) is 1. The molecule has 0 amide bonds. The second-order valence-electron chi connectivity index (χ2n) is 4.90. The zero-order chi connectivity index (χ0) is 14.8. The molecule has 1 unspecified atom stereocenters. The standard InChI is InChI=1S/C16H14F2O2/c1-16(15(19)20,10-11-6-3-2-4-7-11)14-12(17)8-5-9-13(14)18/h2-9H,10H2,1H3,(H,19,20). The lowest BCUT2D eigenvalue weighted by Gasteiger charge is -2.26. The van der Waals surface area contributed by atoms with Crippen LogP contribution in [0.5, 0.6) is 0 Å². The zero-order valence-electron chi connectivity index (χ0n) is 10.9. The van der Waals surface area contributed by atoms with E-state index in [1.807, 2.05) is 0 Å². The summed E-state index contributed by atoms with van der Waals surface area (Å²) in [7, 11) is 0. The van der Waals surface area contributed by atoms with Crippen molar-refractivity contribution in [2.24, 2.45) is 0 Å². The van der Waals surface area contributed by atoms with E-state index < -0.39 is 28.6 Å². The smallest absolute Gasteiger partial charge is 0.314 e. The van der Waals surface area contributed by atoms with Crippen LogP contribution in [0.15, 0.2) is 48.5 Å². The van der Waals surface area contributed by atoms with Gasteiger partial charge in [0.05, 0.1) is 5.41 Å². The molecule has 0 fully saturated rings. The maximum Gasteiger partial charge on any atom is 0.314 e. The predicted octanol–water partition coefficient (Wildman–Crippen LogP) is 3.55. The second kappa shape index (κ2) is 5.41. The number of aliphatic carboxylic acids is 1. The Balaban J connectivity index is 2.53. The molecule has 4 heteroatoms. The van der Waals surface area contributed by atoms with Crippen molar-refractivity contribution < 1.29 is 18.7 Å². The fourth-order valence-electron chi connectivity index (χ4n) is 2.30. The molecule has 0 aliphatic carbocycles. The maximum atomic E-state index is 13.9. The van der Waals surface area contributed by atoms with E-state index in [4.69, 9.17) is 0 Å². The Labute approximate surface area is 115 Å². The third-order valence-corrected chi connectivity index (χ3v) is 3.39. The topological polar surface area (TPSA) is 37.3 Å². The number of hydrogen-bond donors (Lipinski definition) is 1. The Kier molecular flexibility index (Phi) is 3.84. The molecule has 20 heavy (non-hydrogen) atoms. The van der Waals surface area contributed by atoms with Gasteiger partial charge in [0, 0.05) is 5.56 Å². The molecule has 0 bridgehead atoms. The molecule has 1 atom stereocenters. The van der Waals surface area contributed by atoms with Crippen molar-refractivity contribution in [2.45, 2.75) is 18.8 Å². The summed E-state index contributed by atoms with van der Waals surface area (Å²) in [5, 5.41) is 9.46. The summed E-state index contributed by atoms with van der Waals surface area (Å²) >= 11 is 0. The molecular weight excluding hydrogens is 262 g/mol. The maximum absolute atomic E-state index is 13.9. The van der Waals surface area contributed by atoms with E-state index in [-0.39, 0.29) is 6.42 Å². The zero-order valence-corrected chi connectivity index (χ0v) is 10.9. The first-order valence-electron chi connectivity index (χ1n) is 6.17. The molecule has 2 nitrogen and oxygen atoms in total. The van der Waals surface area contributed by atoms with Crippen LogP contribution in [0.2, 0.25) is 0 Å². The highest BCUT2D eigenvalue weighted by molar-refractivity contribution is 5.81. The van der Waals surface area contributed by atoms with Crippen molar-refractivity contribution in [3.8, 4) is 0 Å². The minimum absolute atomic E-state index is 0.0149. The Morgan fingerprint density at radius 1 is 1.05 bits per heavy atom. The van der Waals surface area contributed by atoms with Crippen LogP contribution in [0.1, 0.15) is 18.1 Å². The summed E-state index contributed by atoms with van der Waals surface area (Å²) in [5.74, 6) is -2.94. The summed E-state index contributed by atoms with van der Waals surface area (Å²) in [6, 6.07) is 12.2. The van der Waals surface area contributed by atoms with Gasteiger partial charge in [-0.05, 0) is 31.0 Å². The number of carboxylic acids is 1. The largest absolute Gasteiger partial charge is 0.481 e. The summed E-state index contributed by atoms with van der Waals surface area (Å²) in [4.78, 5) is 11.6. The van der Waals surface area contributed by atoms with E-state index in [0.717, 1.165) is 12.1 Å². The Morgan fingerprint density at radius 3 is 2.10 bits per heavy atom. The molecule has 0 saturated carbocycles. The van der Waals surface area contributed by atoms with Gasteiger partial charge in [-0.1, -0.05) is 36.4 Å². The molecule has 0 heterocycles. The summed E-state index contributed by atoms with van der Waals surface area (Å²) in [5.41, 5.74) is -1.35. The molecule has 2 aromatic carbocycles. The fraction of sp³-hybridized carbons (Fsp3) is 0.188. The van der Waals surface area contributed by atoms with Crippen LogP contribution < -0.4 is 0 Å². The highest BCUT2D eigenvalue weighted by atomic mass is 19.1. The Bertz CT molecular complexity index is 605. The highest BCUT2D eigenvalue weighted by Gasteiger charge is 2.40. The van der Waals surface area contributed by atoms with Gasteiger partial charge in [-0.25, -0.2) is 8.78 Å². The highest BCUT2D eigenvalue weighted by Crippen LogP contribution is 2.32. The van der Waals surface area contributed by atoms with Crippen molar-refractivity contribution in [1.29, 1.82) is 0 Å². The van der Waals surface area contributed by atoms with E-state index in [2.05, 4.69) is 0 Å². The van der Waals surface area contributed by atoms with Crippen molar-refractivity contribution in [3.05, 3.63) is 71.3 Å². The molecule has 0 radical (unpaired) electrons. The molecular formula is C16H14F2O2. The van der Waals surface area contributed by atoms with Gasteiger partial charge < -0.3 is 5.11 Å². The first-order chi connectivity index (χ1) is 9.45. The number of carboxylic acid groups (broad SMARTS) is 1. The first kappa shape index (κ1) is 14.2. The number of benzene rings is 2. The van der Waals surface area contributed by atoms with E-state index in [1.54, 1.807) is 30.3 Å². The molecule has 0 aliphatic rings. The second-order valence-corrected chi connectivity index (χ2v) is 4.90. The minimum Gasteiger partial charge on any atom is -0.481 e. The molecule has 0 aromatic heterocycles.